The number of carbonyl (C=O) groups is 1. The van der Waals surface area contributed by atoms with E-state index in [9.17, 15) is 15.3 Å². The molecule has 0 saturated carbocycles. The smallest absolute Gasteiger partial charge is 0.265 e. The van der Waals surface area contributed by atoms with Gasteiger partial charge in [-0.15, -0.1) is 0 Å². The van der Waals surface area contributed by atoms with Crippen molar-refractivity contribution in [2.75, 3.05) is 7.11 Å². The molecule has 7 heteroatoms. The van der Waals surface area contributed by atoms with E-state index in [1.165, 1.54) is 16.7 Å². The zero-order chi connectivity index (χ0) is 19.8. The molecule has 0 radical (unpaired) electrons. The maximum absolute atomic E-state index is 13.0. The molecule has 1 unspecified atom stereocenters. The molecule has 2 aliphatic rings. The molecule has 0 aliphatic carbocycles. The van der Waals surface area contributed by atoms with Crippen molar-refractivity contribution in [3.05, 3.63) is 81.7 Å². The maximum Gasteiger partial charge on any atom is 0.265 e. The lowest BCUT2D eigenvalue weighted by molar-refractivity contribution is 0.0841. The van der Waals surface area contributed by atoms with Crippen LogP contribution >= 0.6 is 11.8 Å². The van der Waals surface area contributed by atoms with Gasteiger partial charge in [-0.2, -0.15) is 10.5 Å². The van der Waals surface area contributed by atoms with Crippen molar-refractivity contribution >= 4 is 17.7 Å². The average Bonchev–Trinajstić information content (AvgIpc) is 2.73. The molecular weight excluding hydrogens is 372 g/mol. The normalized spacial score (nSPS) is 18.2. The Balaban J connectivity index is 1.94. The second kappa shape index (κ2) is 6.80. The maximum atomic E-state index is 13.0. The van der Waals surface area contributed by atoms with Crippen molar-refractivity contribution in [2.24, 2.45) is 5.73 Å². The largest absolute Gasteiger partial charge is 0.497 e. The predicted octanol–water partition coefficient (Wildman–Crippen LogP) is 3.47. The molecule has 0 fully saturated rings. The van der Waals surface area contributed by atoms with Crippen molar-refractivity contribution < 1.29 is 9.53 Å². The fourth-order valence-corrected chi connectivity index (χ4v) is 4.56. The Hall–Kier alpha value is -3.68. The summed E-state index contributed by atoms with van der Waals surface area (Å²) in [5.74, 6) is -0.253. The minimum Gasteiger partial charge on any atom is -0.497 e. The SMILES string of the molecule is COc1ccc(C2C(C#N)=C(N)N3C(=O)c4ccccc4SC3=C2C#N)cc1. The number of fused-ring (bicyclic) bond motifs is 2. The van der Waals surface area contributed by atoms with E-state index in [1.807, 2.05) is 12.1 Å². The molecule has 4 rings (SSSR count). The minimum absolute atomic E-state index is 0.0596. The number of hydrogen-bond acceptors (Lipinski definition) is 6. The molecule has 6 nitrogen and oxygen atoms in total. The number of ether oxygens (including phenoxy) is 1. The van der Waals surface area contributed by atoms with Crippen molar-refractivity contribution in [3.8, 4) is 17.9 Å². The van der Waals surface area contributed by atoms with E-state index in [1.54, 1.807) is 43.5 Å². The van der Waals surface area contributed by atoms with Crippen molar-refractivity contribution in [3.63, 3.8) is 0 Å². The van der Waals surface area contributed by atoms with Crippen molar-refractivity contribution in [2.45, 2.75) is 10.8 Å². The topological polar surface area (TPSA) is 103 Å². The van der Waals surface area contributed by atoms with Gasteiger partial charge in [0.15, 0.2) is 0 Å². The third-order valence-corrected chi connectivity index (χ3v) is 5.92. The number of rotatable bonds is 2. The molecule has 2 aromatic rings. The number of nitriles is 2. The number of methoxy groups -OCH3 is 1. The number of carbonyl (C=O) groups excluding carboxylic acids is 1. The monoisotopic (exact) mass is 386 g/mol. The number of benzene rings is 2. The number of hydrogen-bond donors (Lipinski definition) is 1. The van der Waals surface area contributed by atoms with E-state index < -0.39 is 5.92 Å². The van der Waals surface area contributed by atoms with E-state index in [4.69, 9.17) is 10.5 Å². The molecule has 1 atom stereocenters. The summed E-state index contributed by atoms with van der Waals surface area (Å²) in [7, 11) is 1.57. The minimum atomic E-state index is -0.641. The Morgan fingerprint density at radius 1 is 1.07 bits per heavy atom. The molecule has 28 heavy (non-hydrogen) atoms. The summed E-state index contributed by atoms with van der Waals surface area (Å²) < 4.78 is 5.19. The van der Waals surface area contributed by atoms with E-state index >= 15 is 0 Å². The summed E-state index contributed by atoms with van der Waals surface area (Å²) >= 11 is 1.31. The van der Waals surface area contributed by atoms with E-state index in [0.717, 1.165) is 10.5 Å². The number of nitrogens with two attached hydrogens (primary N) is 1. The van der Waals surface area contributed by atoms with Gasteiger partial charge >= 0.3 is 0 Å². The van der Waals surface area contributed by atoms with Gasteiger partial charge in [-0.1, -0.05) is 36.0 Å². The molecule has 2 heterocycles. The number of allylic oxidation sites excluding steroid dienone is 2. The second-order valence-corrected chi connectivity index (χ2v) is 7.22. The summed E-state index contributed by atoms with van der Waals surface area (Å²) in [5.41, 5.74) is 8.00. The van der Waals surface area contributed by atoms with Crippen molar-refractivity contribution in [1.82, 2.24) is 4.90 Å². The zero-order valence-electron chi connectivity index (χ0n) is 14.8. The van der Waals surface area contributed by atoms with Crippen LogP contribution in [0.15, 0.2) is 75.4 Å². The van der Waals surface area contributed by atoms with Crippen LogP contribution in [0.3, 0.4) is 0 Å². The third kappa shape index (κ3) is 2.53. The predicted molar refractivity (Wildman–Crippen MR) is 104 cm³/mol. The first-order valence-electron chi connectivity index (χ1n) is 8.40. The fourth-order valence-electron chi connectivity index (χ4n) is 3.39. The summed E-state index contributed by atoms with van der Waals surface area (Å²) in [6, 6.07) is 18.6. The van der Waals surface area contributed by atoms with E-state index in [2.05, 4.69) is 12.1 Å². The molecule has 2 aromatic carbocycles. The van der Waals surface area contributed by atoms with Crippen LogP contribution < -0.4 is 10.5 Å². The molecule has 0 bridgehead atoms. The lowest BCUT2D eigenvalue weighted by Crippen LogP contribution is -2.40. The Labute approximate surface area is 166 Å². The van der Waals surface area contributed by atoms with Crippen LogP contribution in [-0.2, 0) is 0 Å². The summed E-state index contributed by atoms with van der Waals surface area (Å²) in [6.45, 7) is 0. The lowest BCUT2D eigenvalue weighted by Gasteiger charge is -2.37. The van der Waals surface area contributed by atoms with Crippen LogP contribution in [0.1, 0.15) is 21.8 Å². The molecule has 2 N–H and O–H groups in total. The highest BCUT2D eigenvalue weighted by molar-refractivity contribution is 8.03. The second-order valence-electron chi connectivity index (χ2n) is 6.19. The lowest BCUT2D eigenvalue weighted by atomic mass is 9.83. The number of amides is 1. The Kier molecular flexibility index (Phi) is 4.31. The van der Waals surface area contributed by atoms with Crippen LogP contribution in [0.5, 0.6) is 5.75 Å². The van der Waals surface area contributed by atoms with Crippen LogP contribution in [0.2, 0.25) is 0 Å². The third-order valence-electron chi connectivity index (χ3n) is 4.74. The van der Waals surface area contributed by atoms with Gasteiger partial charge in [-0.05, 0) is 29.8 Å². The van der Waals surface area contributed by atoms with Gasteiger partial charge in [-0.25, -0.2) is 0 Å². The fraction of sp³-hybridized carbons (Fsp3) is 0.0952. The standard InChI is InChI=1S/C21H14N4O2S/c1-27-13-8-6-12(7-9-13)18-15(10-22)19(24)25-20(26)14-4-2-3-5-17(14)28-21(25)16(18)11-23/h2-9,18H,24H2,1H3. The molecule has 0 saturated heterocycles. The van der Waals surface area contributed by atoms with Gasteiger partial charge < -0.3 is 10.5 Å². The summed E-state index contributed by atoms with van der Waals surface area (Å²) in [5, 5.41) is 20.2. The van der Waals surface area contributed by atoms with E-state index in [-0.39, 0.29) is 17.3 Å². The molecule has 0 spiro atoms. The Morgan fingerprint density at radius 3 is 2.39 bits per heavy atom. The van der Waals surface area contributed by atoms with Gasteiger partial charge in [0.25, 0.3) is 5.91 Å². The van der Waals surface area contributed by atoms with Gasteiger partial charge in [0.2, 0.25) is 0 Å². The average molecular weight is 386 g/mol. The van der Waals surface area contributed by atoms with Gasteiger partial charge in [-0.3, -0.25) is 9.69 Å². The first-order chi connectivity index (χ1) is 13.6. The highest BCUT2D eigenvalue weighted by Crippen LogP contribution is 2.49. The molecule has 1 amide bonds. The van der Waals surface area contributed by atoms with Crippen molar-refractivity contribution in [1.29, 1.82) is 10.5 Å². The first-order valence-corrected chi connectivity index (χ1v) is 9.21. The highest BCUT2D eigenvalue weighted by atomic mass is 32.2. The molecule has 136 valence electrons. The molecule has 2 aliphatic heterocycles. The number of thioether (sulfide) groups is 1. The van der Waals surface area contributed by atoms with Gasteiger partial charge in [0.1, 0.15) is 16.6 Å². The Morgan fingerprint density at radius 2 is 1.75 bits per heavy atom. The summed E-state index contributed by atoms with van der Waals surface area (Å²) in [4.78, 5) is 15.1. The Bertz CT molecular complexity index is 1140. The first kappa shape index (κ1) is 17.7. The molecule has 0 aromatic heterocycles. The quantitative estimate of drug-likeness (QED) is 0.848. The van der Waals surface area contributed by atoms with Crippen LogP contribution in [0, 0.1) is 22.7 Å². The van der Waals surface area contributed by atoms with Crippen LogP contribution in [0.25, 0.3) is 0 Å². The zero-order valence-corrected chi connectivity index (χ0v) is 15.7. The summed E-state index contributed by atoms with van der Waals surface area (Å²) in [6.07, 6.45) is 0. The highest BCUT2D eigenvalue weighted by Gasteiger charge is 2.42. The van der Waals surface area contributed by atoms with E-state index in [0.29, 0.717) is 21.9 Å². The van der Waals surface area contributed by atoms with Crippen LogP contribution in [-0.4, -0.2) is 17.9 Å². The van der Waals surface area contributed by atoms with Gasteiger partial charge in [0, 0.05) is 4.90 Å². The number of nitrogens with zero attached hydrogens (tertiary/aromatic N) is 3. The van der Waals surface area contributed by atoms with Crippen LogP contribution in [0.4, 0.5) is 0 Å². The molecular formula is C21H14N4O2S. The van der Waals surface area contributed by atoms with Gasteiger partial charge in [0.05, 0.1) is 41.9 Å².